The lowest BCUT2D eigenvalue weighted by Gasteiger charge is -2.27. The van der Waals surface area contributed by atoms with Gasteiger partial charge in [0.1, 0.15) is 0 Å². The van der Waals surface area contributed by atoms with E-state index >= 15 is 0 Å². The zero-order valence-electron chi connectivity index (χ0n) is 13.7. The van der Waals surface area contributed by atoms with Crippen molar-refractivity contribution in [2.75, 3.05) is 0 Å². The van der Waals surface area contributed by atoms with Gasteiger partial charge in [0.15, 0.2) is 0 Å². The molecule has 1 saturated carbocycles. The van der Waals surface area contributed by atoms with Gasteiger partial charge in [-0.1, -0.05) is 55.3 Å². The Kier molecular flexibility index (Phi) is 4.95. The minimum atomic E-state index is -0.224. The predicted octanol–water partition coefficient (Wildman–Crippen LogP) is 4.64. The summed E-state index contributed by atoms with van der Waals surface area (Å²) in [6.45, 7) is 4.02. The fourth-order valence-electron chi connectivity index (χ4n) is 3.55. The van der Waals surface area contributed by atoms with Gasteiger partial charge in [0.05, 0.1) is 11.3 Å². The van der Waals surface area contributed by atoms with Crippen LogP contribution in [0.3, 0.4) is 0 Å². The van der Waals surface area contributed by atoms with Crippen LogP contribution < -0.4 is 5.32 Å². The van der Waals surface area contributed by atoms with Crippen molar-refractivity contribution in [1.29, 1.82) is 0 Å². The Morgan fingerprint density at radius 1 is 1.22 bits per heavy atom. The number of hydrogen-bond donors (Lipinski definition) is 1. The lowest BCUT2D eigenvalue weighted by atomic mass is 9.95. The van der Waals surface area contributed by atoms with Crippen LogP contribution in [0.1, 0.15) is 55.4 Å². The van der Waals surface area contributed by atoms with Gasteiger partial charge >= 0.3 is 6.03 Å². The number of rotatable bonds is 2. The number of amides is 3. The highest BCUT2D eigenvalue weighted by atomic mass is 32.2. The summed E-state index contributed by atoms with van der Waals surface area (Å²) in [7, 11) is 0. The van der Waals surface area contributed by atoms with E-state index in [9.17, 15) is 9.59 Å². The molecular formula is C18H24N2O2S. The molecule has 5 heteroatoms. The van der Waals surface area contributed by atoms with Gasteiger partial charge in [-0.05, 0) is 37.8 Å². The van der Waals surface area contributed by atoms with Crippen LogP contribution in [0.5, 0.6) is 0 Å². The molecule has 1 aliphatic heterocycles. The first-order valence-corrected chi connectivity index (χ1v) is 9.32. The van der Waals surface area contributed by atoms with E-state index in [0.717, 1.165) is 31.2 Å². The molecule has 0 spiro atoms. The van der Waals surface area contributed by atoms with Crippen LogP contribution in [-0.2, 0) is 0 Å². The summed E-state index contributed by atoms with van der Waals surface area (Å²) in [5, 5.41) is 2.94. The Morgan fingerprint density at radius 2 is 1.91 bits per heavy atom. The molecule has 0 aromatic heterocycles. The number of benzene rings is 1. The summed E-state index contributed by atoms with van der Waals surface area (Å²) < 4.78 is 0. The van der Waals surface area contributed by atoms with Gasteiger partial charge in [0, 0.05) is 6.04 Å². The third-order valence-electron chi connectivity index (χ3n) is 4.92. The molecule has 1 N–H and O–H groups in total. The second kappa shape index (κ2) is 6.95. The third-order valence-corrected chi connectivity index (χ3v) is 6.22. The van der Waals surface area contributed by atoms with Gasteiger partial charge < -0.3 is 5.32 Å². The van der Waals surface area contributed by atoms with Crippen molar-refractivity contribution in [3.05, 3.63) is 35.4 Å². The summed E-state index contributed by atoms with van der Waals surface area (Å²) in [4.78, 5) is 26.4. The molecular weight excluding hydrogens is 308 g/mol. The van der Waals surface area contributed by atoms with Crippen LogP contribution in [0.25, 0.3) is 0 Å². The Labute approximate surface area is 142 Å². The molecule has 1 heterocycles. The van der Waals surface area contributed by atoms with Crippen molar-refractivity contribution >= 4 is 23.0 Å². The van der Waals surface area contributed by atoms with Crippen molar-refractivity contribution < 1.29 is 9.59 Å². The predicted molar refractivity (Wildman–Crippen MR) is 93.6 cm³/mol. The van der Waals surface area contributed by atoms with Crippen LogP contribution in [0, 0.1) is 6.92 Å². The molecule has 0 unspecified atom stereocenters. The first-order chi connectivity index (χ1) is 11.1. The molecule has 23 heavy (non-hydrogen) atoms. The number of nitrogens with one attached hydrogen (secondary N) is 1. The SMILES string of the molecule is Cc1ccccc1[C@H]1SC(=O)N(C(=O)NC2CCCCC2)[C@@H]1C. The van der Waals surface area contributed by atoms with E-state index in [2.05, 4.69) is 24.4 Å². The summed E-state index contributed by atoms with van der Waals surface area (Å²) in [6.07, 6.45) is 5.62. The zero-order chi connectivity index (χ0) is 16.4. The normalized spacial score (nSPS) is 25.7. The Hall–Kier alpha value is -1.49. The quantitative estimate of drug-likeness (QED) is 0.858. The van der Waals surface area contributed by atoms with Gasteiger partial charge in [0.2, 0.25) is 0 Å². The Morgan fingerprint density at radius 3 is 2.61 bits per heavy atom. The summed E-state index contributed by atoms with van der Waals surface area (Å²) >= 11 is 1.27. The third kappa shape index (κ3) is 3.39. The van der Waals surface area contributed by atoms with Crippen LogP contribution in [0.2, 0.25) is 0 Å². The topological polar surface area (TPSA) is 49.4 Å². The number of thioether (sulfide) groups is 1. The molecule has 1 aliphatic carbocycles. The summed E-state index contributed by atoms with van der Waals surface area (Å²) in [5.74, 6) is 0. The maximum Gasteiger partial charge on any atom is 0.325 e. The summed E-state index contributed by atoms with van der Waals surface area (Å²) in [6, 6.07) is 7.97. The van der Waals surface area contributed by atoms with Crippen molar-refractivity contribution in [3.63, 3.8) is 0 Å². The number of aryl methyl sites for hydroxylation is 1. The van der Waals surface area contributed by atoms with E-state index < -0.39 is 0 Å². The van der Waals surface area contributed by atoms with E-state index in [1.807, 2.05) is 19.1 Å². The number of urea groups is 1. The second-order valence-corrected chi connectivity index (χ2v) is 7.65. The summed E-state index contributed by atoms with van der Waals surface area (Å²) in [5.41, 5.74) is 2.31. The monoisotopic (exact) mass is 332 g/mol. The molecule has 3 amide bonds. The first kappa shape index (κ1) is 16.4. The minimum absolute atomic E-state index is 0.0146. The standard InChI is InChI=1S/C18H24N2O2S/c1-12-8-6-7-11-15(12)16-13(2)20(18(22)23-16)17(21)19-14-9-4-3-5-10-14/h6-8,11,13-14,16H,3-5,9-10H2,1-2H3,(H,19,21)/t13-,16+/m1/s1. The molecule has 4 nitrogen and oxygen atoms in total. The minimum Gasteiger partial charge on any atom is -0.335 e. The number of nitrogens with zero attached hydrogens (tertiary/aromatic N) is 1. The average molecular weight is 332 g/mol. The number of imide groups is 1. The molecule has 2 aliphatic rings. The van der Waals surface area contributed by atoms with Crippen molar-refractivity contribution in [2.24, 2.45) is 0 Å². The lowest BCUT2D eigenvalue weighted by molar-refractivity contribution is 0.184. The first-order valence-electron chi connectivity index (χ1n) is 8.44. The Bertz CT molecular complexity index is 598. The van der Waals surface area contributed by atoms with E-state index in [0.29, 0.717) is 0 Å². The van der Waals surface area contributed by atoms with Crippen LogP contribution in [0.15, 0.2) is 24.3 Å². The molecule has 124 valence electrons. The Balaban J connectivity index is 1.72. The van der Waals surface area contributed by atoms with Crippen molar-refractivity contribution in [3.8, 4) is 0 Å². The highest BCUT2D eigenvalue weighted by Crippen LogP contribution is 2.44. The number of carbonyl (C=O) groups is 2. The molecule has 2 atom stereocenters. The molecule has 1 aromatic rings. The average Bonchev–Trinajstić information content (AvgIpc) is 2.83. The fourth-order valence-corrected chi connectivity index (χ4v) is 4.84. The molecule has 0 radical (unpaired) electrons. The highest BCUT2D eigenvalue weighted by molar-refractivity contribution is 8.14. The van der Waals surface area contributed by atoms with Gasteiger partial charge in [0.25, 0.3) is 5.24 Å². The fraction of sp³-hybridized carbons (Fsp3) is 0.556. The maximum atomic E-state index is 12.6. The lowest BCUT2D eigenvalue weighted by Crippen LogP contribution is -2.48. The molecule has 2 fully saturated rings. The molecule has 3 rings (SSSR count). The second-order valence-electron chi connectivity index (χ2n) is 6.56. The zero-order valence-corrected chi connectivity index (χ0v) is 14.6. The van der Waals surface area contributed by atoms with Crippen LogP contribution >= 0.6 is 11.8 Å². The maximum absolute atomic E-state index is 12.6. The highest BCUT2D eigenvalue weighted by Gasteiger charge is 2.43. The smallest absolute Gasteiger partial charge is 0.325 e. The molecule has 0 bridgehead atoms. The van der Waals surface area contributed by atoms with Gasteiger partial charge in [-0.3, -0.25) is 9.69 Å². The van der Waals surface area contributed by atoms with Crippen LogP contribution in [0.4, 0.5) is 9.59 Å². The van der Waals surface area contributed by atoms with Crippen LogP contribution in [-0.4, -0.2) is 28.3 Å². The number of hydrogen-bond acceptors (Lipinski definition) is 3. The van der Waals surface area contributed by atoms with E-state index in [1.54, 1.807) is 0 Å². The van der Waals surface area contributed by atoms with Gasteiger partial charge in [-0.2, -0.15) is 0 Å². The number of carbonyl (C=O) groups excluding carboxylic acids is 2. The van der Waals surface area contributed by atoms with E-state index in [1.165, 1.54) is 28.6 Å². The van der Waals surface area contributed by atoms with E-state index in [-0.39, 0.29) is 28.6 Å². The largest absolute Gasteiger partial charge is 0.335 e. The van der Waals surface area contributed by atoms with Crippen molar-refractivity contribution in [1.82, 2.24) is 10.2 Å². The molecule has 1 saturated heterocycles. The van der Waals surface area contributed by atoms with E-state index in [4.69, 9.17) is 0 Å². The van der Waals surface area contributed by atoms with Gasteiger partial charge in [-0.15, -0.1) is 0 Å². The van der Waals surface area contributed by atoms with Crippen molar-refractivity contribution in [2.45, 2.75) is 63.3 Å². The molecule has 1 aromatic carbocycles. The van der Waals surface area contributed by atoms with Gasteiger partial charge in [-0.25, -0.2) is 4.79 Å².